The number of rotatable bonds is 14. The number of carbonyl (C=O) groups excluding carboxylic acids is 1. The molecule has 0 unspecified atom stereocenters. The third-order valence-corrected chi connectivity index (χ3v) is 7.55. The number of hydrogen-bond donors (Lipinski definition) is 1. The average molecular weight is 579 g/mol. The maximum Gasteiger partial charge on any atom is 0.221 e. The van der Waals surface area contributed by atoms with Crippen molar-refractivity contribution < 1.29 is 23.7 Å². The van der Waals surface area contributed by atoms with Gasteiger partial charge in [-0.2, -0.15) is 0 Å². The van der Waals surface area contributed by atoms with Crippen molar-refractivity contribution in [1.29, 1.82) is 0 Å². The number of ether oxygens (including phenoxy) is 4. The van der Waals surface area contributed by atoms with E-state index in [4.69, 9.17) is 18.9 Å². The lowest BCUT2D eigenvalue weighted by atomic mass is 9.87. The minimum absolute atomic E-state index is 0.0448. The number of hydrogen-bond acceptors (Lipinski definition) is 5. The van der Waals surface area contributed by atoms with Crippen molar-refractivity contribution in [3.05, 3.63) is 126 Å². The standard InChI is InChI=1S/C36H38N2O5/c1-40-20-19-37-36(39)22-31(28-15-18-34(42-3)35(21-28)43-25-27-9-5-4-6-10-27)32-24-38(33-12-8-7-11-30(32)33)23-26-13-16-29(41-2)17-14-26/h4-18,21,24,31H,19-20,22-23,25H2,1-3H3,(H,37,39)/t31-/m1/s1. The van der Waals surface area contributed by atoms with E-state index in [-0.39, 0.29) is 18.2 Å². The average Bonchev–Trinajstić information content (AvgIpc) is 3.41. The van der Waals surface area contributed by atoms with E-state index in [9.17, 15) is 4.79 Å². The zero-order valence-corrected chi connectivity index (χ0v) is 24.9. The Hall–Kier alpha value is -4.75. The van der Waals surface area contributed by atoms with Gasteiger partial charge in [-0.05, 0) is 52.6 Å². The summed E-state index contributed by atoms with van der Waals surface area (Å²) in [5.41, 5.74) is 5.36. The van der Waals surface area contributed by atoms with E-state index in [2.05, 4.69) is 40.3 Å². The second kappa shape index (κ2) is 14.4. The molecule has 1 heterocycles. The zero-order chi connectivity index (χ0) is 30.0. The molecule has 1 aromatic heterocycles. The summed E-state index contributed by atoms with van der Waals surface area (Å²) in [7, 11) is 4.93. The molecule has 0 aliphatic heterocycles. The first-order chi connectivity index (χ1) is 21.1. The maximum absolute atomic E-state index is 13.2. The quantitative estimate of drug-likeness (QED) is 0.151. The Morgan fingerprint density at radius 1 is 0.814 bits per heavy atom. The molecular weight excluding hydrogens is 540 g/mol. The number of methoxy groups -OCH3 is 3. The SMILES string of the molecule is COCCNC(=O)C[C@H](c1ccc(OC)c(OCc2ccccc2)c1)c1cn(Cc2ccc(OC)cc2)c2ccccc12. The first-order valence-electron chi connectivity index (χ1n) is 14.4. The molecule has 0 spiro atoms. The summed E-state index contributed by atoms with van der Waals surface area (Å²) in [5.74, 6) is 1.83. The molecule has 1 N–H and O–H groups in total. The molecule has 43 heavy (non-hydrogen) atoms. The van der Waals surface area contributed by atoms with Crippen molar-refractivity contribution in [2.45, 2.75) is 25.5 Å². The molecule has 0 saturated heterocycles. The van der Waals surface area contributed by atoms with Crippen LogP contribution in [0.15, 0.2) is 103 Å². The number of carbonyl (C=O) groups is 1. The molecule has 7 nitrogen and oxygen atoms in total. The van der Waals surface area contributed by atoms with Gasteiger partial charge in [0, 0.05) is 49.6 Å². The molecule has 0 aliphatic rings. The molecule has 0 saturated carbocycles. The predicted octanol–water partition coefficient (Wildman–Crippen LogP) is 6.57. The van der Waals surface area contributed by atoms with E-state index in [1.807, 2.05) is 72.8 Å². The van der Waals surface area contributed by atoms with E-state index in [1.165, 1.54) is 0 Å². The summed E-state index contributed by atoms with van der Waals surface area (Å²) in [4.78, 5) is 13.2. The lowest BCUT2D eigenvalue weighted by molar-refractivity contribution is -0.121. The van der Waals surface area contributed by atoms with Gasteiger partial charge in [0.25, 0.3) is 0 Å². The van der Waals surface area contributed by atoms with Crippen LogP contribution in [0.3, 0.4) is 0 Å². The van der Waals surface area contributed by atoms with Crippen LogP contribution in [0, 0.1) is 0 Å². The molecule has 1 amide bonds. The van der Waals surface area contributed by atoms with Gasteiger partial charge in [-0.3, -0.25) is 4.79 Å². The Balaban J connectivity index is 1.53. The molecule has 0 bridgehead atoms. The fraction of sp³-hybridized carbons (Fsp3) is 0.250. The lowest BCUT2D eigenvalue weighted by Gasteiger charge is -2.20. The minimum atomic E-state index is -0.227. The van der Waals surface area contributed by atoms with E-state index in [0.717, 1.165) is 38.9 Å². The van der Waals surface area contributed by atoms with Crippen LogP contribution in [-0.2, 0) is 22.7 Å². The van der Waals surface area contributed by atoms with Gasteiger partial charge >= 0.3 is 0 Å². The molecular formula is C36H38N2O5. The number of benzene rings is 4. The van der Waals surface area contributed by atoms with Gasteiger partial charge in [-0.15, -0.1) is 0 Å². The van der Waals surface area contributed by atoms with Gasteiger partial charge in [0.1, 0.15) is 12.4 Å². The molecule has 0 radical (unpaired) electrons. The smallest absolute Gasteiger partial charge is 0.221 e. The van der Waals surface area contributed by atoms with E-state index >= 15 is 0 Å². The maximum atomic E-state index is 13.2. The summed E-state index contributed by atoms with van der Waals surface area (Å²) < 4.78 is 24.6. The Morgan fingerprint density at radius 2 is 1.58 bits per heavy atom. The lowest BCUT2D eigenvalue weighted by Crippen LogP contribution is -2.28. The topological polar surface area (TPSA) is 71.0 Å². The zero-order valence-electron chi connectivity index (χ0n) is 24.9. The van der Waals surface area contributed by atoms with Gasteiger partial charge in [-0.1, -0.05) is 66.7 Å². The molecule has 1 atom stereocenters. The highest BCUT2D eigenvalue weighted by atomic mass is 16.5. The highest BCUT2D eigenvalue weighted by Gasteiger charge is 2.24. The first-order valence-corrected chi connectivity index (χ1v) is 14.4. The predicted molar refractivity (Wildman–Crippen MR) is 169 cm³/mol. The molecule has 7 heteroatoms. The highest BCUT2D eigenvalue weighted by molar-refractivity contribution is 5.87. The van der Waals surface area contributed by atoms with Crippen LogP contribution in [0.2, 0.25) is 0 Å². The molecule has 5 aromatic rings. The normalized spacial score (nSPS) is 11.7. The Labute approximate surface area is 253 Å². The largest absolute Gasteiger partial charge is 0.497 e. The first kappa shape index (κ1) is 29.7. The van der Waals surface area contributed by atoms with Crippen molar-refractivity contribution in [3.8, 4) is 17.2 Å². The third-order valence-electron chi connectivity index (χ3n) is 7.55. The summed E-state index contributed by atoms with van der Waals surface area (Å²) in [5, 5.41) is 4.11. The second-order valence-corrected chi connectivity index (χ2v) is 10.4. The molecule has 5 rings (SSSR count). The fourth-order valence-electron chi connectivity index (χ4n) is 5.33. The Morgan fingerprint density at radius 3 is 2.33 bits per heavy atom. The minimum Gasteiger partial charge on any atom is -0.497 e. The van der Waals surface area contributed by atoms with Gasteiger partial charge < -0.3 is 28.8 Å². The van der Waals surface area contributed by atoms with Crippen LogP contribution in [0.4, 0.5) is 0 Å². The van der Waals surface area contributed by atoms with Crippen molar-refractivity contribution in [1.82, 2.24) is 9.88 Å². The molecule has 4 aromatic carbocycles. The van der Waals surface area contributed by atoms with Crippen LogP contribution in [0.5, 0.6) is 17.2 Å². The van der Waals surface area contributed by atoms with E-state index in [1.54, 1.807) is 21.3 Å². The monoisotopic (exact) mass is 578 g/mol. The van der Waals surface area contributed by atoms with Crippen molar-refractivity contribution in [3.63, 3.8) is 0 Å². The van der Waals surface area contributed by atoms with Crippen molar-refractivity contribution in [2.75, 3.05) is 34.5 Å². The van der Waals surface area contributed by atoms with Crippen LogP contribution < -0.4 is 19.5 Å². The van der Waals surface area contributed by atoms with Crippen LogP contribution in [0.25, 0.3) is 10.9 Å². The second-order valence-electron chi connectivity index (χ2n) is 10.4. The summed E-state index contributed by atoms with van der Waals surface area (Å²) in [6.45, 7) is 2.00. The number of fused-ring (bicyclic) bond motifs is 1. The van der Waals surface area contributed by atoms with Crippen LogP contribution in [0.1, 0.15) is 34.6 Å². The van der Waals surface area contributed by atoms with Gasteiger partial charge in [0.05, 0.1) is 20.8 Å². The van der Waals surface area contributed by atoms with Crippen molar-refractivity contribution >= 4 is 16.8 Å². The van der Waals surface area contributed by atoms with Gasteiger partial charge in [0.15, 0.2) is 11.5 Å². The highest BCUT2D eigenvalue weighted by Crippen LogP contribution is 2.39. The Kier molecular flexibility index (Phi) is 9.97. The van der Waals surface area contributed by atoms with Crippen LogP contribution >= 0.6 is 0 Å². The van der Waals surface area contributed by atoms with Crippen molar-refractivity contribution in [2.24, 2.45) is 0 Å². The summed E-state index contributed by atoms with van der Waals surface area (Å²) >= 11 is 0. The van der Waals surface area contributed by atoms with E-state index < -0.39 is 0 Å². The number of nitrogens with zero attached hydrogens (tertiary/aromatic N) is 1. The number of amides is 1. The van der Waals surface area contributed by atoms with Crippen LogP contribution in [-0.4, -0.2) is 45.0 Å². The summed E-state index contributed by atoms with van der Waals surface area (Å²) in [6, 6.07) is 32.4. The molecule has 0 aliphatic carbocycles. The fourth-order valence-corrected chi connectivity index (χ4v) is 5.33. The number of nitrogens with one attached hydrogen (secondary N) is 1. The van der Waals surface area contributed by atoms with E-state index in [0.29, 0.717) is 37.8 Å². The van der Waals surface area contributed by atoms with Gasteiger partial charge in [-0.25, -0.2) is 0 Å². The molecule has 222 valence electrons. The molecule has 0 fully saturated rings. The Bertz CT molecular complexity index is 1630. The number of aromatic nitrogens is 1. The number of para-hydroxylation sites is 1. The summed E-state index contributed by atoms with van der Waals surface area (Å²) in [6.07, 6.45) is 2.45. The third kappa shape index (κ3) is 7.37. The van der Waals surface area contributed by atoms with Gasteiger partial charge in [0.2, 0.25) is 5.91 Å².